The zero-order chi connectivity index (χ0) is 20.9. The van der Waals surface area contributed by atoms with E-state index < -0.39 is 11.5 Å². The number of rotatable bonds is 7. The van der Waals surface area contributed by atoms with E-state index in [0.29, 0.717) is 44.2 Å². The normalized spacial score (nSPS) is 15.5. The molecule has 1 amide bonds. The second-order valence-corrected chi connectivity index (χ2v) is 6.90. The molecular weight excluding hydrogens is 372 g/mol. The van der Waals surface area contributed by atoms with E-state index in [2.05, 4.69) is 22.0 Å². The third kappa shape index (κ3) is 4.54. The fraction of sp³-hybridized carbons (Fsp3) is 0.429. The number of carbonyl (C=O) groups excluding carboxylic acids is 2. The van der Waals surface area contributed by atoms with Crippen molar-refractivity contribution in [2.24, 2.45) is 0 Å². The van der Waals surface area contributed by atoms with Crippen LogP contribution in [0.1, 0.15) is 31.2 Å². The Morgan fingerprint density at radius 1 is 1.31 bits per heavy atom. The molecule has 1 aromatic heterocycles. The molecule has 0 radical (unpaired) electrons. The topological polar surface area (TPSA) is 95.3 Å². The molecule has 2 aromatic rings. The Kier molecular flexibility index (Phi) is 6.43. The first-order valence-electron chi connectivity index (χ1n) is 9.65. The number of hydrogen-bond donors (Lipinski definition) is 1. The van der Waals surface area contributed by atoms with Gasteiger partial charge in [-0.2, -0.15) is 5.10 Å². The van der Waals surface area contributed by atoms with Crippen molar-refractivity contribution in [3.8, 4) is 11.4 Å². The van der Waals surface area contributed by atoms with Gasteiger partial charge in [-0.25, -0.2) is 14.5 Å². The van der Waals surface area contributed by atoms with Crippen molar-refractivity contribution in [2.75, 3.05) is 20.3 Å². The molecule has 0 aliphatic carbocycles. The van der Waals surface area contributed by atoms with E-state index in [1.54, 1.807) is 10.8 Å². The first-order valence-corrected chi connectivity index (χ1v) is 9.65. The summed E-state index contributed by atoms with van der Waals surface area (Å²) >= 11 is 0. The number of benzene rings is 1. The SMILES string of the molecule is C=Cc1ccc(-c2nc(CC(=O)NC3(C(=O)OC)CCOCC3)n(CC)n2)cc1. The van der Waals surface area contributed by atoms with Crippen LogP contribution in [0.2, 0.25) is 0 Å². The van der Waals surface area contributed by atoms with Crippen LogP contribution < -0.4 is 5.32 Å². The van der Waals surface area contributed by atoms with Gasteiger partial charge >= 0.3 is 5.97 Å². The largest absolute Gasteiger partial charge is 0.467 e. The molecule has 0 bridgehead atoms. The lowest BCUT2D eigenvalue weighted by atomic mass is 9.90. The molecule has 1 aliphatic heterocycles. The highest BCUT2D eigenvalue weighted by atomic mass is 16.5. The van der Waals surface area contributed by atoms with E-state index in [-0.39, 0.29) is 12.3 Å². The number of nitrogens with zero attached hydrogens (tertiary/aromatic N) is 3. The Hall–Kier alpha value is -3.00. The highest BCUT2D eigenvalue weighted by Crippen LogP contribution is 2.23. The summed E-state index contributed by atoms with van der Waals surface area (Å²) in [4.78, 5) is 29.6. The van der Waals surface area contributed by atoms with E-state index in [1.165, 1.54) is 7.11 Å². The van der Waals surface area contributed by atoms with Crippen LogP contribution in [0.3, 0.4) is 0 Å². The number of aromatic nitrogens is 3. The predicted octanol–water partition coefficient (Wildman–Crippen LogP) is 1.99. The van der Waals surface area contributed by atoms with Crippen LogP contribution in [-0.4, -0.2) is 52.5 Å². The maximum absolute atomic E-state index is 12.8. The van der Waals surface area contributed by atoms with Crippen LogP contribution in [0.25, 0.3) is 17.5 Å². The van der Waals surface area contributed by atoms with E-state index in [1.807, 2.05) is 31.2 Å². The molecule has 1 aromatic carbocycles. The molecule has 8 nitrogen and oxygen atoms in total. The molecule has 0 spiro atoms. The maximum atomic E-state index is 12.8. The quantitative estimate of drug-likeness (QED) is 0.717. The minimum absolute atomic E-state index is 0.0190. The highest BCUT2D eigenvalue weighted by molar-refractivity contribution is 5.88. The summed E-state index contributed by atoms with van der Waals surface area (Å²) in [5.41, 5.74) is 0.817. The fourth-order valence-corrected chi connectivity index (χ4v) is 3.40. The number of esters is 1. The summed E-state index contributed by atoms with van der Waals surface area (Å²) in [6.45, 7) is 7.06. The van der Waals surface area contributed by atoms with Gasteiger partial charge in [-0.15, -0.1) is 0 Å². The average molecular weight is 398 g/mol. The molecule has 29 heavy (non-hydrogen) atoms. The zero-order valence-corrected chi connectivity index (χ0v) is 16.8. The Morgan fingerprint density at radius 3 is 2.59 bits per heavy atom. The van der Waals surface area contributed by atoms with E-state index in [4.69, 9.17) is 9.47 Å². The smallest absolute Gasteiger partial charge is 0.331 e. The number of amides is 1. The fourth-order valence-electron chi connectivity index (χ4n) is 3.40. The van der Waals surface area contributed by atoms with Gasteiger partial charge in [0.05, 0.1) is 13.5 Å². The van der Waals surface area contributed by atoms with Gasteiger partial charge < -0.3 is 14.8 Å². The van der Waals surface area contributed by atoms with Crippen molar-refractivity contribution in [1.82, 2.24) is 20.1 Å². The number of carbonyl (C=O) groups is 2. The number of hydrogen-bond acceptors (Lipinski definition) is 6. The lowest BCUT2D eigenvalue weighted by Crippen LogP contribution is -2.58. The third-order valence-electron chi connectivity index (χ3n) is 5.07. The van der Waals surface area contributed by atoms with Gasteiger partial charge in [0.1, 0.15) is 11.4 Å². The molecule has 1 saturated heterocycles. The van der Waals surface area contributed by atoms with Crippen LogP contribution >= 0.6 is 0 Å². The molecule has 0 unspecified atom stereocenters. The molecule has 0 saturated carbocycles. The van der Waals surface area contributed by atoms with Crippen molar-refractivity contribution < 1.29 is 19.1 Å². The summed E-state index contributed by atoms with van der Waals surface area (Å²) in [5.74, 6) is 0.348. The standard InChI is InChI=1S/C21H26N4O4/c1-4-15-6-8-16(9-7-15)19-22-17(25(5-2)24-19)14-18(26)23-21(20(27)28-3)10-12-29-13-11-21/h4,6-9H,1,5,10-14H2,2-3H3,(H,23,26). The van der Waals surface area contributed by atoms with Crippen molar-refractivity contribution in [3.05, 3.63) is 42.2 Å². The zero-order valence-electron chi connectivity index (χ0n) is 16.8. The lowest BCUT2D eigenvalue weighted by molar-refractivity contribution is -0.155. The molecule has 154 valence electrons. The highest BCUT2D eigenvalue weighted by Gasteiger charge is 2.42. The molecule has 8 heteroatoms. The van der Waals surface area contributed by atoms with Crippen LogP contribution in [0.5, 0.6) is 0 Å². The molecule has 1 aliphatic rings. The minimum atomic E-state index is -1.05. The van der Waals surface area contributed by atoms with Gasteiger partial charge in [-0.1, -0.05) is 36.9 Å². The summed E-state index contributed by atoms with van der Waals surface area (Å²) in [6, 6.07) is 7.72. The van der Waals surface area contributed by atoms with Gasteiger partial charge in [-0.3, -0.25) is 4.79 Å². The van der Waals surface area contributed by atoms with Gasteiger partial charge in [0.25, 0.3) is 0 Å². The van der Waals surface area contributed by atoms with Crippen LogP contribution in [0, 0.1) is 0 Å². The number of nitrogens with one attached hydrogen (secondary N) is 1. The molecular formula is C21H26N4O4. The Morgan fingerprint density at radius 2 is 2.00 bits per heavy atom. The second-order valence-electron chi connectivity index (χ2n) is 6.90. The van der Waals surface area contributed by atoms with E-state index >= 15 is 0 Å². The molecule has 1 fully saturated rings. The predicted molar refractivity (Wildman–Crippen MR) is 108 cm³/mol. The minimum Gasteiger partial charge on any atom is -0.467 e. The maximum Gasteiger partial charge on any atom is 0.331 e. The molecule has 2 heterocycles. The summed E-state index contributed by atoms with van der Waals surface area (Å²) in [6.07, 6.45) is 2.55. The van der Waals surface area contributed by atoms with E-state index in [0.717, 1.165) is 11.1 Å². The first kappa shape index (κ1) is 20.7. The van der Waals surface area contributed by atoms with Gasteiger partial charge in [-0.05, 0) is 12.5 Å². The summed E-state index contributed by atoms with van der Waals surface area (Å²) in [5, 5.41) is 7.37. The number of ether oxygens (including phenoxy) is 2. The second kappa shape index (κ2) is 9.00. The average Bonchev–Trinajstić information content (AvgIpc) is 3.16. The van der Waals surface area contributed by atoms with Gasteiger partial charge in [0.2, 0.25) is 5.91 Å². The van der Waals surface area contributed by atoms with Crippen LogP contribution in [-0.2, 0) is 32.0 Å². The molecule has 1 N–H and O–H groups in total. The molecule has 0 atom stereocenters. The number of methoxy groups -OCH3 is 1. The van der Waals surface area contributed by atoms with Gasteiger partial charge in [0.15, 0.2) is 5.82 Å². The monoisotopic (exact) mass is 398 g/mol. The van der Waals surface area contributed by atoms with E-state index in [9.17, 15) is 9.59 Å². The summed E-state index contributed by atoms with van der Waals surface area (Å²) in [7, 11) is 1.32. The van der Waals surface area contributed by atoms with Gasteiger partial charge in [0, 0.05) is 38.2 Å². The lowest BCUT2D eigenvalue weighted by Gasteiger charge is -2.35. The van der Waals surface area contributed by atoms with Crippen molar-refractivity contribution in [1.29, 1.82) is 0 Å². The Labute approximate surface area is 169 Å². The Balaban J connectivity index is 1.77. The third-order valence-corrected chi connectivity index (χ3v) is 5.07. The molecule has 3 rings (SSSR count). The van der Waals surface area contributed by atoms with Crippen molar-refractivity contribution in [2.45, 2.75) is 38.3 Å². The number of aryl methyl sites for hydroxylation is 1. The van der Waals surface area contributed by atoms with Crippen LogP contribution in [0.4, 0.5) is 0 Å². The van der Waals surface area contributed by atoms with Crippen LogP contribution in [0.15, 0.2) is 30.8 Å². The summed E-state index contributed by atoms with van der Waals surface area (Å²) < 4.78 is 12.0. The van der Waals surface area contributed by atoms with Crippen molar-refractivity contribution >= 4 is 18.0 Å². The Bertz CT molecular complexity index is 883. The van der Waals surface area contributed by atoms with Crippen molar-refractivity contribution in [3.63, 3.8) is 0 Å². The first-order chi connectivity index (χ1) is 14.0.